The molecule has 2 aliphatic rings. The fourth-order valence-corrected chi connectivity index (χ4v) is 5.67. The quantitative estimate of drug-likeness (QED) is 0.407. The Balaban J connectivity index is 1.35. The van der Waals surface area contributed by atoms with Crippen LogP contribution in [0.4, 0.5) is 11.4 Å². The summed E-state index contributed by atoms with van der Waals surface area (Å²) in [5, 5.41) is 6.41. The lowest BCUT2D eigenvalue weighted by Crippen LogP contribution is -2.36. The summed E-state index contributed by atoms with van der Waals surface area (Å²) in [4.78, 5) is 46.1. The van der Waals surface area contributed by atoms with E-state index < -0.39 is 0 Å². The van der Waals surface area contributed by atoms with Crippen LogP contribution in [-0.4, -0.2) is 94.1 Å². The highest BCUT2D eigenvalue weighted by atomic mass is 16.5. The standard InChI is InChI=1S/C34H41N5O5/c1-43-28-11-8-25(9-12-28)22-32(40)38-18-5-17-37(20-21-38)31-13-10-27(34(42)39-16-4-14-35-15-19-39)24-30(31)36-33(41)26-6-3-7-29(23-26)44-2/h3,6-13,23-24,35H,4-5,14-22H2,1-2H3,(H,36,41). The Kier molecular flexibility index (Phi) is 10.3. The van der Waals surface area contributed by atoms with E-state index in [0.717, 1.165) is 42.9 Å². The van der Waals surface area contributed by atoms with E-state index in [4.69, 9.17) is 9.47 Å². The zero-order valence-electron chi connectivity index (χ0n) is 25.5. The monoisotopic (exact) mass is 599 g/mol. The summed E-state index contributed by atoms with van der Waals surface area (Å²) in [6, 6.07) is 20.1. The molecule has 2 heterocycles. The predicted molar refractivity (Wildman–Crippen MR) is 171 cm³/mol. The Bertz CT molecular complexity index is 1450. The van der Waals surface area contributed by atoms with E-state index in [9.17, 15) is 14.4 Å². The van der Waals surface area contributed by atoms with Crippen molar-refractivity contribution in [2.45, 2.75) is 19.3 Å². The molecule has 3 amide bonds. The molecule has 5 rings (SSSR count). The molecule has 2 saturated heterocycles. The van der Waals surface area contributed by atoms with Crippen LogP contribution < -0.4 is 25.0 Å². The minimum Gasteiger partial charge on any atom is -0.497 e. The second kappa shape index (κ2) is 14.7. The Morgan fingerprint density at radius 2 is 1.55 bits per heavy atom. The maximum absolute atomic E-state index is 13.5. The van der Waals surface area contributed by atoms with Crippen LogP contribution >= 0.6 is 0 Å². The van der Waals surface area contributed by atoms with E-state index >= 15 is 0 Å². The third-order valence-electron chi connectivity index (χ3n) is 8.15. The van der Waals surface area contributed by atoms with Gasteiger partial charge in [-0.15, -0.1) is 0 Å². The van der Waals surface area contributed by atoms with Gasteiger partial charge in [0.2, 0.25) is 5.91 Å². The van der Waals surface area contributed by atoms with Crippen LogP contribution in [0.2, 0.25) is 0 Å². The van der Waals surface area contributed by atoms with Crippen molar-refractivity contribution >= 4 is 29.1 Å². The molecule has 0 bridgehead atoms. The first-order chi connectivity index (χ1) is 21.4. The zero-order valence-corrected chi connectivity index (χ0v) is 25.5. The van der Waals surface area contributed by atoms with Crippen LogP contribution in [0.25, 0.3) is 0 Å². The van der Waals surface area contributed by atoms with Crippen molar-refractivity contribution in [1.82, 2.24) is 15.1 Å². The Labute approximate surface area is 258 Å². The van der Waals surface area contributed by atoms with E-state index in [1.54, 1.807) is 44.6 Å². The first-order valence-corrected chi connectivity index (χ1v) is 15.2. The molecule has 3 aromatic carbocycles. The Hall–Kier alpha value is -4.57. The van der Waals surface area contributed by atoms with Crippen molar-refractivity contribution < 1.29 is 23.9 Å². The van der Waals surface area contributed by atoms with Gasteiger partial charge in [0.05, 0.1) is 32.0 Å². The summed E-state index contributed by atoms with van der Waals surface area (Å²) < 4.78 is 10.5. The number of carbonyl (C=O) groups excluding carboxylic acids is 3. The van der Waals surface area contributed by atoms with Crippen LogP contribution in [-0.2, 0) is 11.2 Å². The van der Waals surface area contributed by atoms with Crippen molar-refractivity contribution in [3.63, 3.8) is 0 Å². The minimum absolute atomic E-state index is 0.0525. The lowest BCUT2D eigenvalue weighted by Gasteiger charge is -2.27. The van der Waals surface area contributed by atoms with E-state index in [2.05, 4.69) is 15.5 Å². The van der Waals surface area contributed by atoms with E-state index in [0.29, 0.717) is 68.3 Å². The first kappa shape index (κ1) is 30.9. The van der Waals surface area contributed by atoms with Gasteiger partial charge < -0.3 is 34.8 Å². The number of hydrogen-bond donors (Lipinski definition) is 2. The lowest BCUT2D eigenvalue weighted by molar-refractivity contribution is -0.130. The summed E-state index contributed by atoms with van der Waals surface area (Å²) in [6.45, 7) is 5.48. The number of amides is 3. The molecule has 2 aliphatic heterocycles. The van der Waals surface area contributed by atoms with Crippen LogP contribution in [0.3, 0.4) is 0 Å². The van der Waals surface area contributed by atoms with Gasteiger partial charge in [0.15, 0.2) is 0 Å². The van der Waals surface area contributed by atoms with Gasteiger partial charge in [0.1, 0.15) is 11.5 Å². The van der Waals surface area contributed by atoms with Gasteiger partial charge in [-0.1, -0.05) is 18.2 Å². The SMILES string of the molecule is COc1ccc(CC(=O)N2CCCN(c3ccc(C(=O)N4CCCNCC4)cc3NC(=O)c3cccc(OC)c3)CC2)cc1. The van der Waals surface area contributed by atoms with Crippen LogP contribution in [0.5, 0.6) is 11.5 Å². The molecule has 0 radical (unpaired) electrons. The maximum atomic E-state index is 13.5. The van der Waals surface area contributed by atoms with Crippen molar-refractivity contribution in [2.24, 2.45) is 0 Å². The predicted octanol–water partition coefficient (Wildman–Crippen LogP) is 3.67. The van der Waals surface area contributed by atoms with Gasteiger partial charge >= 0.3 is 0 Å². The van der Waals surface area contributed by atoms with Gasteiger partial charge in [-0.25, -0.2) is 0 Å². The molecule has 3 aromatic rings. The largest absolute Gasteiger partial charge is 0.497 e. The molecule has 0 aromatic heterocycles. The molecular formula is C34H41N5O5. The molecule has 0 spiro atoms. The molecule has 0 saturated carbocycles. The fraction of sp³-hybridized carbons (Fsp3) is 0.382. The molecule has 0 atom stereocenters. The molecule has 0 unspecified atom stereocenters. The molecule has 10 nitrogen and oxygen atoms in total. The van der Waals surface area contributed by atoms with Gasteiger partial charge in [0, 0.05) is 56.9 Å². The molecule has 0 aliphatic carbocycles. The molecule has 2 fully saturated rings. The summed E-state index contributed by atoms with van der Waals surface area (Å²) in [5.74, 6) is 1.08. The number of hydrogen-bond acceptors (Lipinski definition) is 7. The van der Waals surface area contributed by atoms with Crippen molar-refractivity contribution in [3.05, 3.63) is 83.4 Å². The van der Waals surface area contributed by atoms with Crippen LogP contribution in [0.1, 0.15) is 39.1 Å². The fourth-order valence-electron chi connectivity index (χ4n) is 5.67. The number of benzene rings is 3. The molecule has 232 valence electrons. The summed E-state index contributed by atoms with van der Waals surface area (Å²) >= 11 is 0. The first-order valence-electron chi connectivity index (χ1n) is 15.2. The average molecular weight is 600 g/mol. The summed E-state index contributed by atoms with van der Waals surface area (Å²) in [6.07, 6.45) is 2.00. The third kappa shape index (κ3) is 7.68. The second-order valence-corrected chi connectivity index (χ2v) is 11.1. The molecule has 44 heavy (non-hydrogen) atoms. The van der Waals surface area contributed by atoms with Crippen molar-refractivity contribution in [1.29, 1.82) is 0 Å². The Morgan fingerprint density at radius 3 is 2.34 bits per heavy atom. The van der Waals surface area contributed by atoms with Gasteiger partial charge in [-0.3, -0.25) is 14.4 Å². The normalized spacial score (nSPS) is 15.6. The van der Waals surface area contributed by atoms with Crippen molar-refractivity contribution in [2.75, 3.05) is 76.8 Å². The topological polar surface area (TPSA) is 103 Å². The van der Waals surface area contributed by atoms with Crippen LogP contribution in [0.15, 0.2) is 66.7 Å². The van der Waals surface area contributed by atoms with E-state index in [1.165, 1.54) is 0 Å². The Morgan fingerprint density at radius 1 is 0.750 bits per heavy atom. The number of nitrogens with zero attached hydrogens (tertiary/aromatic N) is 3. The number of carbonyl (C=O) groups is 3. The zero-order chi connectivity index (χ0) is 30.9. The third-order valence-corrected chi connectivity index (χ3v) is 8.15. The van der Waals surface area contributed by atoms with Crippen LogP contribution in [0, 0.1) is 0 Å². The van der Waals surface area contributed by atoms with Gasteiger partial charge in [-0.05, 0) is 73.5 Å². The smallest absolute Gasteiger partial charge is 0.255 e. The number of methoxy groups -OCH3 is 2. The lowest BCUT2D eigenvalue weighted by atomic mass is 10.1. The highest BCUT2D eigenvalue weighted by molar-refractivity contribution is 6.07. The number of anilines is 2. The minimum atomic E-state index is -0.292. The highest BCUT2D eigenvalue weighted by Crippen LogP contribution is 2.30. The average Bonchev–Trinajstić information content (AvgIpc) is 3.49. The molecular weight excluding hydrogens is 558 g/mol. The number of ether oxygens (including phenoxy) is 2. The maximum Gasteiger partial charge on any atom is 0.255 e. The number of rotatable bonds is 8. The van der Waals surface area contributed by atoms with Crippen molar-refractivity contribution in [3.8, 4) is 11.5 Å². The summed E-state index contributed by atoms with van der Waals surface area (Å²) in [7, 11) is 3.19. The van der Waals surface area contributed by atoms with Gasteiger partial charge in [-0.2, -0.15) is 0 Å². The summed E-state index contributed by atoms with van der Waals surface area (Å²) in [5.41, 5.74) is 3.31. The van der Waals surface area contributed by atoms with E-state index in [-0.39, 0.29) is 17.7 Å². The van der Waals surface area contributed by atoms with Gasteiger partial charge in [0.25, 0.3) is 11.8 Å². The van der Waals surface area contributed by atoms with E-state index in [1.807, 2.05) is 46.2 Å². The molecule has 10 heteroatoms. The highest BCUT2D eigenvalue weighted by Gasteiger charge is 2.24. The molecule has 2 N–H and O–H groups in total. The number of nitrogens with one attached hydrogen (secondary N) is 2. The second-order valence-electron chi connectivity index (χ2n) is 11.1.